The number of halogens is 1. The van der Waals surface area contributed by atoms with E-state index in [4.69, 9.17) is 11.6 Å². The molecule has 0 saturated carbocycles. The summed E-state index contributed by atoms with van der Waals surface area (Å²) in [7, 11) is 2.08. The lowest BCUT2D eigenvalue weighted by Crippen LogP contribution is -2.22. The highest BCUT2D eigenvalue weighted by atomic mass is 35.5. The van der Waals surface area contributed by atoms with Gasteiger partial charge in [-0.05, 0) is 60.5 Å². The van der Waals surface area contributed by atoms with E-state index >= 15 is 0 Å². The smallest absolute Gasteiger partial charge is 0.225 e. The molecule has 0 fully saturated rings. The average Bonchev–Trinajstić information content (AvgIpc) is 3.13. The van der Waals surface area contributed by atoms with E-state index in [1.165, 1.54) is 27.8 Å². The molecule has 6 heteroatoms. The highest BCUT2D eigenvalue weighted by molar-refractivity contribution is 7.19. The molecule has 1 aliphatic carbocycles. The Bertz CT molecular complexity index is 847. The van der Waals surface area contributed by atoms with E-state index in [9.17, 15) is 0 Å². The lowest BCUT2D eigenvalue weighted by atomic mass is 10.1. The van der Waals surface area contributed by atoms with Gasteiger partial charge in [-0.1, -0.05) is 0 Å². The lowest BCUT2D eigenvalue weighted by Gasteiger charge is -2.19. The summed E-state index contributed by atoms with van der Waals surface area (Å²) in [5, 5.41) is 1.55. The number of anilines is 1. The van der Waals surface area contributed by atoms with Gasteiger partial charge in [0.1, 0.15) is 10.6 Å². The summed E-state index contributed by atoms with van der Waals surface area (Å²) in [6.45, 7) is 0.886. The van der Waals surface area contributed by atoms with Crippen molar-refractivity contribution in [1.82, 2.24) is 15.0 Å². The van der Waals surface area contributed by atoms with Crippen molar-refractivity contribution < 1.29 is 0 Å². The fourth-order valence-corrected chi connectivity index (χ4v) is 4.65. The van der Waals surface area contributed by atoms with Gasteiger partial charge in [0, 0.05) is 30.9 Å². The fraction of sp³-hybridized carbons (Fsp3) is 0.353. The van der Waals surface area contributed by atoms with E-state index in [2.05, 4.69) is 39.0 Å². The van der Waals surface area contributed by atoms with E-state index < -0.39 is 0 Å². The van der Waals surface area contributed by atoms with E-state index in [-0.39, 0.29) is 0 Å². The molecule has 0 aromatic carbocycles. The van der Waals surface area contributed by atoms with Crippen LogP contribution in [0.3, 0.4) is 0 Å². The first-order chi connectivity index (χ1) is 11.2. The zero-order valence-corrected chi connectivity index (χ0v) is 14.5. The Morgan fingerprint density at radius 3 is 2.87 bits per heavy atom. The molecule has 23 heavy (non-hydrogen) atoms. The largest absolute Gasteiger partial charge is 0.359 e. The van der Waals surface area contributed by atoms with Crippen LogP contribution in [0.25, 0.3) is 10.2 Å². The van der Waals surface area contributed by atoms with Crippen molar-refractivity contribution in [2.45, 2.75) is 25.7 Å². The van der Waals surface area contributed by atoms with E-state index in [1.807, 2.05) is 12.4 Å². The van der Waals surface area contributed by atoms with Gasteiger partial charge in [-0.15, -0.1) is 11.3 Å². The minimum Gasteiger partial charge on any atom is -0.359 e. The Morgan fingerprint density at radius 1 is 1.22 bits per heavy atom. The van der Waals surface area contributed by atoms with Crippen LogP contribution in [-0.4, -0.2) is 28.5 Å². The first kappa shape index (κ1) is 14.8. The maximum absolute atomic E-state index is 6.16. The molecular weight excluding hydrogens is 328 g/mol. The number of aromatic nitrogens is 3. The van der Waals surface area contributed by atoms with Crippen LogP contribution in [0.4, 0.5) is 5.82 Å². The van der Waals surface area contributed by atoms with Crippen molar-refractivity contribution in [2.24, 2.45) is 0 Å². The summed E-state index contributed by atoms with van der Waals surface area (Å²) in [4.78, 5) is 17.7. The van der Waals surface area contributed by atoms with Crippen LogP contribution < -0.4 is 4.90 Å². The highest BCUT2D eigenvalue weighted by Crippen LogP contribution is 2.40. The molecule has 0 atom stereocenters. The quantitative estimate of drug-likeness (QED) is 0.673. The molecule has 4 nitrogen and oxygen atoms in total. The first-order valence-electron chi connectivity index (χ1n) is 7.80. The molecule has 0 radical (unpaired) electrons. The predicted molar refractivity (Wildman–Crippen MR) is 95.7 cm³/mol. The number of rotatable bonds is 4. The van der Waals surface area contributed by atoms with Crippen molar-refractivity contribution in [2.75, 3.05) is 18.5 Å². The summed E-state index contributed by atoms with van der Waals surface area (Å²) >= 11 is 7.93. The van der Waals surface area contributed by atoms with Crippen molar-refractivity contribution >= 4 is 39.0 Å². The normalized spacial score (nSPS) is 13.5. The lowest BCUT2D eigenvalue weighted by molar-refractivity contribution is 0.859. The number of likely N-dealkylation sites (N-methyl/N-ethyl adjacent to an activating group) is 1. The van der Waals surface area contributed by atoms with Crippen LogP contribution in [-0.2, 0) is 19.3 Å². The number of pyridine rings is 1. The molecule has 0 N–H and O–H groups in total. The summed E-state index contributed by atoms with van der Waals surface area (Å²) in [6, 6.07) is 4.11. The first-order valence-corrected chi connectivity index (χ1v) is 8.99. The van der Waals surface area contributed by atoms with E-state index in [0.717, 1.165) is 36.5 Å². The molecule has 3 aromatic rings. The second-order valence-electron chi connectivity index (χ2n) is 5.88. The second-order valence-corrected chi connectivity index (χ2v) is 7.30. The molecule has 118 valence electrons. The van der Waals surface area contributed by atoms with Crippen molar-refractivity contribution in [3.8, 4) is 0 Å². The molecule has 0 aliphatic heterocycles. The van der Waals surface area contributed by atoms with E-state index in [0.29, 0.717) is 5.28 Å². The van der Waals surface area contributed by atoms with Crippen LogP contribution in [0, 0.1) is 0 Å². The third-order valence-corrected chi connectivity index (χ3v) is 5.72. The van der Waals surface area contributed by atoms with Crippen molar-refractivity contribution in [3.63, 3.8) is 0 Å². The van der Waals surface area contributed by atoms with Crippen LogP contribution >= 0.6 is 22.9 Å². The standard InChI is InChI=1S/C17H17ClN4S/c1-22(10-7-11-5-8-19-9-6-11)15-14-12-3-2-4-13(12)23-16(14)21-17(18)20-15/h5-6,8-9H,2-4,7,10H2,1H3. The Balaban J connectivity index is 1.67. The number of nitrogens with zero attached hydrogens (tertiary/aromatic N) is 4. The van der Waals surface area contributed by atoms with Crippen LogP contribution in [0.1, 0.15) is 22.4 Å². The molecule has 0 spiro atoms. The molecule has 3 heterocycles. The SMILES string of the molecule is CN(CCc1ccncc1)c1nc(Cl)nc2sc3c(c12)CCC3. The molecule has 0 unspecified atom stereocenters. The van der Waals surface area contributed by atoms with Crippen LogP contribution in [0.15, 0.2) is 24.5 Å². The van der Waals surface area contributed by atoms with Crippen LogP contribution in [0.2, 0.25) is 5.28 Å². The Labute approximate surface area is 144 Å². The Kier molecular flexibility index (Phi) is 3.91. The third-order valence-electron chi connectivity index (χ3n) is 4.37. The van der Waals surface area contributed by atoms with Gasteiger partial charge in [0.25, 0.3) is 0 Å². The molecule has 3 aromatic heterocycles. The third kappa shape index (κ3) is 2.79. The average molecular weight is 345 g/mol. The maximum atomic E-state index is 6.16. The van der Waals surface area contributed by atoms with Crippen LogP contribution in [0.5, 0.6) is 0 Å². The van der Waals surface area contributed by atoms with Gasteiger partial charge in [-0.25, -0.2) is 4.98 Å². The monoisotopic (exact) mass is 344 g/mol. The second kappa shape index (κ2) is 6.06. The van der Waals surface area contributed by atoms with Gasteiger partial charge in [0.05, 0.1) is 5.39 Å². The zero-order valence-electron chi connectivity index (χ0n) is 12.9. The Hall–Kier alpha value is -1.72. The van der Waals surface area contributed by atoms with Gasteiger partial charge >= 0.3 is 0 Å². The minimum absolute atomic E-state index is 0.336. The van der Waals surface area contributed by atoms with Gasteiger partial charge in [0.15, 0.2) is 0 Å². The van der Waals surface area contributed by atoms with Crippen molar-refractivity contribution in [3.05, 3.63) is 45.8 Å². The highest BCUT2D eigenvalue weighted by Gasteiger charge is 2.23. The molecule has 1 aliphatic rings. The molecular formula is C17H17ClN4S. The fourth-order valence-electron chi connectivity index (χ4n) is 3.18. The molecule has 0 saturated heterocycles. The van der Waals surface area contributed by atoms with Gasteiger partial charge in [0.2, 0.25) is 5.28 Å². The van der Waals surface area contributed by atoms with Gasteiger partial charge in [-0.2, -0.15) is 4.98 Å². The number of hydrogen-bond donors (Lipinski definition) is 0. The summed E-state index contributed by atoms with van der Waals surface area (Å²) < 4.78 is 0. The number of hydrogen-bond acceptors (Lipinski definition) is 5. The Morgan fingerprint density at radius 2 is 2.04 bits per heavy atom. The minimum atomic E-state index is 0.336. The number of thiophene rings is 1. The van der Waals surface area contributed by atoms with E-state index in [1.54, 1.807) is 11.3 Å². The van der Waals surface area contributed by atoms with Gasteiger partial charge < -0.3 is 4.90 Å². The molecule has 0 bridgehead atoms. The summed E-state index contributed by atoms with van der Waals surface area (Å²) in [5.74, 6) is 0.966. The zero-order chi connectivity index (χ0) is 15.8. The predicted octanol–water partition coefficient (Wildman–Crippen LogP) is 3.91. The molecule has 0 amide bonds. The molecule has 4 rings (SSSR count). The van der Waals surface area contributed by atoms with Gasteiger partial charge in [-0.3, -0.25) is 4.98 Å². The maximum Gasteiger partial charge on any atom is 0.225 e. The number of aryl methyl sites for hydroxylation is 2. The topological polar surface area (TPSA) is 41.9 Å². The van der Waals surface area contributed by atoms with Crippen molar-refractivity contribution in [1.29, 1.82) is 0 Å². The number of fused-ring (bicyclic) bond motifs is 3. The summed E-state index contributed by atoms with van der Waals surface area (Å²) in [6.07, 6.45) is 8.15. The summed E-state index contributed by atoms with van der Waals surface area (Å²) in [5.41, 5.74) is 2.71.